The minimum Gasteiger partial charge on any atom is -0.497 e. The molecule has 0 aliphatic heterocycles. The number of benzene rings is 3. The van der Waals surface area contributed by atoms with Crippen LogP contribution in [0.5, 0.6) is 5.75 Å². The third-order valence-electron chi connectivity index (χ3n) is 6.29. The van der Waals surface area contributed by atoms with Crippen molar-refractivity contribution in [3.8, 4) is 22.7 Å². The molecule has 6 heteroatoms. The van der Waals surface area contributed by atoms with Crippen LogP contribution in [0, 0.1) is 27.7 Å². The maximum atomic E-state index is 13.5. The van der Waals surface area contributed by atoms with Crippen molar-refractivity contribution < 1.29 is 9.53 Å². The molecule has 2 heterocycles. The molecule has 0 spiro atoms. The third kappa shape index (κ3) is 4.45. The van der Waals surface area contributed by atoms with Crippen LogP contribution in [0.3, 0.4) is 0 Å². The van der Waals surface area contributed by atoms with Crippen molar-refractivity contribution >= 4 is 22.5 Å². The summed E-state index contributed by atoms with van der Waals surface area (Å²) in [7, 11) is 1.65. The fourth-order valence-corrected chi connectivity index (χ4v) is 4.56. The van der Waals surface area contributed by atoms with Crippen LogP contribution in [-0.2, 0) is 0 Å². The van der Waals surface area contributed by atoms with Gasteiger partial charge in [0, 0.05) is 16.6 Å². The number of aromatic nitrogens is 3. The number of pyridine rings is 1. The maximum Gasteiger partial charge on any atom is 0.256 e. The second kappa shape index (κ2) is 9.30. The van der Waals surface area contributed by atoms with Gasteiger partial charge in [0.1, 0.15) is 5.75 Å². The number of carbonyl (C=O) groups is 1. The molecule has 180 valence electrons. The summed E-state index contributed by atoms with van der Waals surface area (Å²) in [5.41, 5.74) is 8.81. The lowest BCUT2D eigenvalue weighted by Gasteiger charge is -2.12. The number of amides is 1. The molecule has 0 fully saturated rings. The van der Waals surface area contributed by atoms with Gasteiger partial charge in [-0.15, -0.1) is 0 Å². The van der Waals surface area contributed by atoms with Crippen molar-refractivity contribution in [3.63, 3.8) is 0 Å². The summed E-state index contributed by atoms with van der Waals surface area (Å²) >= 11 is 0. The van der Waals surface area contributed by atoms with Gasteiger partial charge >= 0.3 is 0 Å². The Morgan fingerprint density at radius 2 is 1.58 bits per heavy atom. The topological polar surface area (TPSA) is 69.0 Å². The van der Waals surface area contributed by atoms with Gasteiger partial charge in [-0.05, 0) is 93.4 Å². The molecule has 0 aliphatic rings. The standard InChI is InChI=1S/C30H28N4O2/c1-18-6-11-28-25(15-18)26(30(35)32-22-13-19(2)12-20(3)14-22)16-29(33-28)27-17-31-34(21(27)4)23-7-9-24(36-5)10-8-23/h6-17H,1-5H3,(H,32,35). The monoisotopic (exact) mass is 476 g/mol. The van der Waals surface area contributed by atoms with Crippen LogP contribution >= 0.6 is 0 Å². The van der Waals surface area contributed by atoms with E-state index in [1.54, 1.807) is 13.3 Å². The van der Waals surface area contributed by atoms with E-state index >= 15 is 0 Å². The molecule has 36 heavy (non-hydrogen) atoms. The van der Waals surface area contributed by atoms with Crippen molar-refractivity contribution in [1.82, 2.24) is 14.8 Å². The van der Waals surface area contributed by atoms with Crippen LogP contribution in [0.25, 0.3) is 27.8 Å². The number of hydrogen-bond acceptors (Lipinski definition) is 4. The van der Waals surface area contributed by atoms with Crippen molar-refractivity contribution in [3.05, 3.63) is 101 Å². The number of rotatable bonds is 5. The Morgan fingerprint density at radius 1 is 0.861 bits per heavy atom. The lowest BCUT2D eigenvalue weighted by Crippen LogP contribution is -2.13. The molecule has 0 unspecified atom stereocenters. The predicted molar refractivity (Wildman–Crippen MR) is 144 cm³/mol. The van der Waals surface area contributed by atoms with Gasteiger partial charge in [-0.25, -0.2) is 9.67 Å². The van der Waals surface area contributed by atoms with Crippen molar-refractivity contribution in [2.24, 2.45) is 0 Å². The molecule has 0 bridgehead atoms. The Hall–Kier alpha value is -4.45. The quantitative estimate of drug-likeness (QED) is 0.311. The summed E-state index contributed by atoms with van der Waals surface area (Å²) in [6.07, 6.45) is 1.80. The Balaban J connectivity index is 1.59. The molecular weight excluding hydrogens is 448 g/mol. The van der Waals surface area contributed by atoms with E-state index in [4.69, 9.17) is 9.72 Å². The highest BCUT2D eigenvalue weighted by atomic mass is 16.5. The highest BCUT2D eigenvalue weighted by molar-refractivity contribution is 6.13. The van der Waals surface area contributed by atoms with E-state index in [0.29, 0.717) is 11.3 Å². The number of nitrogens with zero attached hydrogens (tertiary/aromatic N) is 3. The first-order valence-corrected chi connectivity index (χ1v) is 11.8. The Kier molecular flexibility index (Phi) is 6.02. The minimum absolute atomic E-state index is 0.167. The van der Waals surface area contributed by atoms with Gasteiger partial charge in [0.25, 0.3) is 5.91 Å². The normalized spacial score (nSPS) is 11.0. The molecule has 5 aromatic rings. The average molecular weight is 477 g/mol. The van der Waals surface area contributed by atoms with E-state index in [-0.39, 0.29) is 5.91 Å². The molecule has 5 rings (SSSR count). The SMILES string of the molecule is COc1ccc(-n2ncc(-c3cc(C(=O)Nc4cc(C)cc(C)c4)c4cc(C)ccc4n3)c2C)cc1. The molecule has 1 N–H and O–H groups in total. The van der Waals surface area contributed by atoms with Gasteiger partial charge in [0.15, 0.2) is 0 Å². The number of aryl methyl sites for hydroxylation is 3. The highest BCUT2D eigenvalue weighted by Crippen LogP contribution is 2.30. The Morgan fingerprint density at radius 3 is 2.28 bits per heavy atom. The Labute approximate surface area is 210 Å². The summed E-state index contributed by atoms with van der Waals surface area (Å²) in [6.45, 7) is 8.06. The lowest BCUT2D eigenvalue weighted by molar-refractivity contribution is 0.102. The van der Waals surface area contributed by atoms with Gasteiger partial charge in [0.05, 0.1) is 41.5 Å². The van der Waals surface area contributed by atoms with Crippen LogP contribution < -0.4 is 10.1 Å². The fraction of sp³-hybridized carbons (Fsp3) is 0.167. The third-order valence-corrected chi connectivity index (χ3v) is 6.29. The zero-order valence-corrected chi connectivity index (χ0v) is 21.1. The Bertz CT molecular complexity index is 1580. The number of methoxy groups -OCH3 is 1. The fourth-order valence-electron chi connectivity index (χ4n) is 4.56. The molecule has 1 amide bonds. The number of carbonyl (C=O) groups excluding carboxylic acids is 1. The lowest BCUT2D eigenvalue weighted by atomic mass is 10.0. The van der Waals surface area contributed by atoms with Crippen LogP contribution in [0.4, 0.5) is 5.69 Å². The molecule has 3 aromatic carbocycles. The van der Waals surface area contributed by atoms with Crippen LogP contribution in [-0.4, -0.2) is 27.8 Å². The molecule has 0 radical (unpaired) electrons. The van der Waals surface area contributed by atoms with Gasteiger partial charge in [-0.3, -0.25) is 4.79 Å². The van der Waals surface area contributed by atoms with Gasteiger partial charge in [0.2, 0.25) is 0 Å². The van der Waals surface area contributed by atoms with E-state index in [1.165, 1.54) is 0 Å². The smallest absolute Gasteiger partial charge is 0.256 e. The van der Waals surface area contributed by atoms with Crippen molar-refractivity contribution in [1.29, 1.82) is 0 Å². The van der Waals surface area contributed by atoms with E-state index in [2.05, 4.69) is 16.5 Å². The number of nitrogens with one attached hydrogen (secondary N) is 1. The first-order chi connectivity index (χ1) is 17.3. The second-order valence-corrected chi connectivity index (χ2v) is 9.16. The van der Waals surface area contributed by atoms with Gasteiger partial charge in [-0.1, -0.05) is 17.7 Å². The molecule has 0 aliphatic carbocycles. The highest BCUT2D eigenvalue weighted by Gasteiger charge is 2.18. The van der Waals surface area contributed by atoms with E-state index in [1.807, 2.05) is 93.0 Å². The largest absolute Gasteiger partial charge is 0.497 e. The maximum absolute atomic E-state index is 13.5. The summed E-state index contributed by atoms with van der Waals surface area (Å²) in [4.78, 5) is 18.5. The number of anilines is 1. The van der Waals surface area contributed by atoms with E-state index in [0.717, 1.165) is 56.0 Å². The van der Waals surface area contributed by atoms with Crippen molar-refractivity contribution in [2.45, 2.75) is 27.7 Å². The summed E-state index contributed by atoms with van der Waals surface area (Å²) in [5.74, 6) is 0.620. The molecule has 0 saturated carbocycles. The average Bonchev–Trinajstić information content (AvgIpc) is 3.24. The zero-order valence-electron chi connectivity index (χ0n) is 21.1. The molecule has 0 atom stereocenters. The number of fused-ring (bicyclic) bond motifs is 1. The summed E-state index contributed by atoms with van der Waals surface area (Å²) in [5, 5.41) is 8.52. The van der Waals surface area contributed by atoms with Crippen LogP contribution in [0.1, 0.15) is 32.7 Å². The predicted octanol–water partition coefficient (Wildman–Crippen LogP) is 6.58. The molecule has 6 nitrogen and oxygen atoms in total. The summed E-state index contributed by atoms with van der Waals surface area (Å²) < 4.78 is 7.14. The minimum atomic E-state index is -0.167. The van der Waals surface area contributed by atoms with Gasteiger partial charge in [-0.2, -0.15) is 5.10 Å². The molecule has 2 aromatic heterocycles. The van der Waals surface area contributed by atoms with Crippen molar-refractivity contribution in [2.75, 3.05) is 12.4 Å². The summed E-state index contributed by atoms with van der Waals surface area (Å²) in [6, 6.07) is 21.6. The molecular formula is C30H28N4O2. The number of hydrogen-bond donors (Lipinski definition) is 1. The van der Waals surface area contributed by atoms with Crippen LogP contribution in [0.15, 0.2) is 72.9 Å². The zero-order chi connectivity index (χ0) is 25.4. The van der Waals surface area contributed by atoms with Gasteiger partial charge < -0.3 is 10.1 Å². The van der Waals surface area contributed by atoms with E-state index in [9.17, 15) is 4.79 Å². The number of ether oxygens (including phenoxy) is 1. The second-order valence-electron chi connectivity index (χ2n) is 9.16. The molecule has 0 saturated heterocycles. The first kappa shape index (κ1) is 23.3. The van der Waals surface area contributed by atoms with Crippen LogP contribution in [0.2, 0.25) is 0 Å². The first-order valence-electron chi connectivity index (χ1n) is 11.8. The van der Waals surface area contributed by atoms with E-state index < -0.39 is 0 Å².